The number of hydrogen-bond donors (Lipinski definition) is 1. The molecule has 1 aliphatic heterocycles. The topological polar surface area (TPSA) is 32.9 Å². The molecule has 19 heavy (non-hydrogen) atoms. The molecule has 5 rings (SSSR count). The molecule has 3 aliphatic carbocycles. The van der Waals surface area contributed by atoms with Gasteiger partial charge in [-0.2, -0.15) is 0 Å². The van der Waals surface area contributed by atoms with Crippen LogP contribution < -0.4 is 4.87 Å². The molecule has 2 heterocycles. The average Bonchev–Trinajstić information content (AvgIpc) is 3.12. The van der Waals surface area contributed by atoms with E-state index in [1.54, 1.807) is 0 Å². The average molecular weight is 293 g/mol. The van der Waals surface area contributed by atoms with E-state index in [9.17, 15) is 4.79 Å². The first-order valence-corrected chi connectivity index (χ1v) is 9.38. The summed E-state index contributed by atoms with van der Waals surface area (Å²) in [6.45, 7) is 0. The third kappa shape index (κ3) is 1.33. The van der Waals surface area contributed by atoms with Crippen molar-refractivity contribution in [3.63, 3.8) is 0 Å². The maximum Gasteiger partial charge on any atom is 0.305 e. The van der Waals surface area contributed by atoms with Crippen LogP contribution in [0.2, 0.25) is 0 Å². The minimum Gasteiger partial charge on any atom is -0.307 e. The second-order valence-electron chi connectivity index (χ2n) is 6.98. The van der Waals surface area contributed by atoms with E-state index in [-0.39, 0.29) is 4.87 Å². The summed E-state index contributed by atoms with van der Waals surface area (Å²) in [7, 11) is 0. The lowest BCUT2D eigenvalue weighted by Crippen LogP contribution is -2.44. The van der Waals surface area contributed by atoms with Crippen LogP contribution in [-0.2, 0) is 5.41 Å². The fourth-order valence-corrected chi connectivity index (χ4v) is 8.92. The third-order valence-corrected chi connectivity index (χ3v) is 9.02. The molecule has 4 aliphatic rings. The number of thioether (sulfide) groups is 1. The maximum absolute atomic E-state index is 11.8. The van der Waals surface area contributed by atoms with Crippen molar-refractivity contribution in [2.75, 3.05) is 0 Å². The lowest BCUT2D eigenvalue weighted by molar-refractivity contribution is 0.188. The molecule has 0 unspecified atom stereocenters. The molecular formula is C15H19NOS2. The largest absolute Gasteiger partial charge is 0.307 e. The third-order valence-electron chi connectivity index (χ3n) is 6.30. The predicted octanol–water partition coefficient (Wildman–Crippen LogP) is 3.77. The number of aromatic nitrogens is 1. The highest BCUT2D eigenvalue weighted by molar-refractivity contribution is 8.00. The van der Waals surface area contributed by atoms with Crippen LogP contribution in [-0.4, -0.2) is 10.2 Å². The number of nitrogens with one attached hydrogen (secondary N) is 1. The minimum absolute atomic E-state index is 0.177. The number of aromatic amines is 1. The van der Waals surface area contributed by atoms with Gasteiger partial charge in [-0.1, -0.05) is 24.2 Å². The fraction of sp³-hybridized carbons (Fsp3) is 0.800. The zero-order valence-corrected chi connectivity index (χ0v) is 12.6. The standard InChI is InChI=1S/C15H19NOS2/c17-14-16-13-12(19-14)15(5-1-2-6-15)10-8-3-4-9(7-8)11(10)18-13/h8-11H,1-7H2,(H,16,17)/t8-,9-,10+,11+/m1/s1. The van der Waals surface area contributed by atoms with Gasteiger partial charge in [0, 0.05) is 15.5 Å². The highest BCUT2D eigenvalue weighted by Gasteiger charge is 2.61. The molecule has 0 radical (unpaired) electrons. The summed E-state index contributed by atoms with van der Waals surface area (Å²) in [6.07, 6.45) is 9.82. The molecule has 4 atom stereocenters. The van der Waals surface area contributed by atoms with Crippen LogP contribution in [0.3, 0.4) is 0 Å². The number of fused-ring (bicyclic) bond motifs is 8. The lowest BCUT2D eigenvalue weighted by Gasteiger charge is -2.47. The van der Waals surface area contributed by atoms with Crippen molar-refractivity contribution in [2.45, 2.75) is 60.6 Å². The molecule has 2 nitrogen and oxygen atoms in total. The molecular weight excluding hydrogens is 274 g/mol. The fourth-order valence-electron chi connectivity index (χ4n) is 5.75. The Bertz CT molecular complexity index is 583. The Morgan fingerprint density at radius 2 is 1.95 bits per heavy atom. The van der Waals surface area contributed by atoms with Crippen LogP contribution >= 0.6 is 23.1 Å². The van der Waals surface area contributed by atoms with Gasteiger partial charge in [0.25, 0.3) is 0 Å². The Morgan fingerprint density at radius 1 is 1.16 bits per heavy atom. The summed E-state index contributed by atoms with van der Waals surface area (Å²) >= 11 is 3.56. The van der Waals surface area contributed by atoms with Gasteiger partial charge in [-0.05, 0) is 49.9 Å². The zero-order valence-electron chi connectivity index (χ0n) is 11.0. The van der Waals surface area contributed by atoms with Crippen molar-refractivity contribution < 1.29 is 0 Å². The Balaban J connectivity index is 1.73. The molecule has 102 valence electrons. The van der Waals surface area contributed by atoms with Gasteiger partial charge in [-0.15, -0.1) is 11.8 Å². The lowest BCUT2D eigenvalue weighted by atomic mass is 9.65. The molecule has 0 aromatic carbocycles. The number of thiazole rings is 1. The van der Waals surface area contributed by atoms with Gasteiger partial charge in [-0.25, -0.2) is 0 Å². The second-order valence-corrected chi connectivity index (χ2v) is 9.15. The van der Waals surface area contributed by atoms with Gasteiger partial charge >= 0.3 is 4.87 Å². The van der Waals surface area contributed by atoms with Crippen molar-refractivity contribution in [2.24, 2.45) is 17.8 Å². The first-order chi connectivity index (χ1) is 9.28. The van der Waals surface area contributed by atoms with Crippen LogP contribution in [0.1, 0.15) is 49.8 Å². The van der Waals surface area contributed by atoms with Crippen molar-refractivity contribution in [3.05, 3.63) is 14.5 Å². The molecule has 3 fully saturated rings. The molecule has 1 aromatic rings. The minimum atomic E-state index is 0.177. The van der Waals surface area contributed by atoms with E-state index in [1.807, 2.05) is 11.8 Å². The van der Waals surface area contributed by atoms with Crippen LogP contribution in [0.25, 0.3) is 0 Å². The molecule has 3 saturated carbocycles. The Labute approximate surface area is 121 Å². The monoisotopic (exact) mass is 293 g/mol. The van der Waals surface area contributed by atoms with Crippen LogP contribution in [0.4, 0.5) is 0 Å². The van der Waals surface area contributed by atoms with E-state index >= 15 is 0 Å². The number of rotatable bonds is 0. The number of H-pyrrole nitrogens is 1. The molecule has 1 N–H and O–H groups in total. The zero-order chi connectivity index (χ0) is 12.6. The maximum atomic E-state index is 11.8. The van der Waals surface area contributed by atoms with E-state index in [0.29, 0.717) is 5.41 Å². The summed E-state index contributed by atoms with van der Waals surface area (Å²) in [5.41, 5.74) is 0.398. The molecule has 4 heteroatoms. The second kappa shape index (κ2) is 3.70. The van der Waals surface area contributed by atoms with Gasteiger partial charge in [-0.3, -0.25) is 4.79 Å². The SMILES string of the molecule is O=c1[nH]c2c(s1)C1(CCCC1)[C@H]1[C@@H]3CC[C@H](C3)[C@@H]1S2. The summed E-state index contributed by atoms with van der Waals surface area (Å²) in [6, 6.07) is 0. The van der Waals surface area contributed by atoms with Crippen LogP contribution in [0.15, 0.2) is 9.82 Å². The summed E-state index contributed by atoms with van der Waals surface area (Å²) in [5.74, 6) is 2.79. The van der Waals surface area contributed by atoms with Crippen molar-refractivity contribution in [1.29, 1.82) is 0 Å². The highest BCUT2D eigenvalue weighted by Crippen LogP contribution is 2.67. The summed E-state index contributed by atoms with van der Waals surface area (Å²) < 4.78 is 0. The normalized spacial score (nSPS) is 41.7. The van der Waals surface area contributed by atoms with Crippen molar-refractivity contribution in [3.8, 4) is 0 Å². The Morgan fingerprint density at radius 3 is 2.79 bits per heavy atom. The Kier molecular flexibility index (Phi) is 2.23. The van der Waals surface area contributed by atoms with Gasteiger partial charge in [0.1, 0.15) is 0 Å². The van der Waals surface area contributed by atoms with Crippen molar-refractivity contribution in [1.82, 2.24) is 4.98 Å². The smallest absolute Gasteiger partial charge is 0.305 e. The molecule has 1 spiro atoms. The first kappa shape index (κ1) is 11.4. The number of hydrogen-bond acceptors (Lipinski definition) is 3. The summed E-state index contributed by atoms with van der Waals surface area (Å²) in [5, 5.41) is 2.07. The molecule has 0 saturated heterocycles. The van der Waals surface area contributed by atoms with Gasteiger partial charge < -0.3 is 4.98 Å². The van der Waals surface area contributed by atoms with E-state index < -0.39 is 0 Å². The van der Waals surface area contributed by atoms with Gasteiger partial charge in [0.2, 0.25) is 0 Å². The quantitative estimate of drug-likeness (QED) is 0.790. The van der Waals surface area contributed by atoms with Crippen LogP contribution in [0.5, 0.6) is 0 Å². The van der Waals surface area contributed by atoms with Gasteiger partial charge in [0.15, 0.2) is 0 Å². The molecule has 1 aromatic heterocycles. The van der Waals surface area contributed by atoms with Gasteiger partial charge in [0.05, 0.1) is 5.03 Å². The van der Waals surface area contributed by atoms with Crippen LogP contribution in [0, 0.1) is 17.8 Å². The summed E-state index contributed by atoms with van der Waals surface area (Å²) in [4.78, 5) is 16.6. The predicted molar refractivity (Wildman–Crippen MR) is 79.1 cm³/mol. The van der Waals surface area contributed by atoms with E-state index in [0.717, 1.165) is 23.0 Å². The van der Waals surface area contributed by atoms with E-state index in [4.69, 9.17) is 0 Å². The van der Waals surface area contributed by atoms with E-state index in [2.05, 4.69) is 4.98 Å². The van der Waals surface area contributed by atoms with Crippen molar-refractivity contribution >= 4 is 23.1 Å². The highest BCUT2D eigenvalue weighted by atomic mass is 32.2. The molecule has 2 bridgehead atoms. The molecule has 0 amide bonds. The van der Waals surface area contributed by atoms with E-state index in [1.165, 1.54) is 66.2 Å². The Hall–Kier alpha value is -0.220. The first-order valence-electron chi connectivity index (χ1n) is 7.68.